The second-order valence-corrected chi connectivity index (χ2v) is 7.32. The van der Waals surface area contributed by atoms with Crippen LogP contribution < -0.4 is 0 Å². The fourth-order valence-corrected chi connectivity index (χ4v) is 3.28. The molecule has 0 aliphatic carbocycles. The highest BCUT2D eigenvalue weighted by molar-refractivity contribution is 4.88. The molecule has 0 bridgehead atoms. The Labute approximate surface area is 159 Å². The Morgan fingerprint density at radius 2 is 1.54 bits per heavy atom. The van der Waals surface area contributed by atoms with Crippen LogP contribution in [-0.4, -0.2) is 59.6 Å². The summed E-state index contributed by atoms with van der Waals surface area (Å²) in [6.07, 6.45) is 15.0. The number of rotatable bonds is 15. The number of ether oxygens (including phenoxy) is 2. The number of hydrogen-bond acceptors (Lipinski definition) is 5. The van der Waals surface area contributed by atoms with Crippen molar-refractivity contribution in [3.05, 3.63) is 12.2 Å². The van der Waals surface area contributed by atoms with Crippen LogP contribution in [0.1, 0.15) is 77.6 Å². The van der Waals surface area contributed by atoms with Crippen molar-refractivity contribution in [2.45, 2.75) is 102 Å². The van der Waals surface area contributed by atoms with E-state index in [-0.39, 0.29) is 13.2 Å². The van der Waals surface area contributed by atoms with Crippen LogP contribution in [0.2, 0.25) is 0 Å². The fraction of sp³-hybridized carbons (Fsp3) is 0.905. The molecule has 3 N–H and O–H groups in total. The maximum atomic E-state index is 10.0. The van der Waals surface area contributed by atoms with Gasteiger partial charge in [0.2, 0.25) is 0 Å². The highest BCUT2D eigenvalue weighted by atomic mass is 16.6. The lowest BCUT2D eigenvalue weighted by Gasteiger charge is -2.37. The first kappa shape index (κ1) is 23.6. The Balaban J connectivity index is 1.95. The van der Waals surface area contributed by atoms with Gasteiger partial charge >= 0.3 is 0 Å². The summed E-state index contributed by atoms with van der Waals surface area (Å²) in [6, 6.07) is 0. The molecule has 1 heterocycles. The quantitative estimate of drug-likeness (QED) is 0.303. The molecule has 0 radical (unpaired) electrons. The monoisotopic (exact) mass is 372 g/mol. The van der Waals surface area contributed by atoms with Crippen molar-refractivity contribution in [1.29, 1.82) is 0 Å². The molecule has 1 aliphatic heterocycles. The van der Waals surface area contributed by atoms with Gasteiger partial charge in [0.25, 0.3) is 0 Å². The number of hydrogen-bond donors (Lipinski definition) is 3. The van der Waals surface area contributed by atoms with Gasteiger partial charge in [-0.05, 0) is 25.7 Å². The summed E-state index contributed by atoms with van der Waals surface area (Å²) >= 11 is 0. The average molecular weight is 373 g/mol. The normalized spacial score (nSPS) is 26.6. The van der Waals surface area contributed by atoms with E-state index in [1.807, 2.05) is 0 Å². The van der Waals surface area contributed by atoms with Gasteiger partial charge in [0.15, 0.2) is 0 Å². The molecule has 0 spiro atoms. The summed E-state index contributed by atoms with van der Waals surface area (Å²) in [5.41, 5.74) is 0. The molecular formula is C21H40O5. The second kappa shape index (κ2) is 15.6. The highest BCUT2D eigenvalue weighted by Crippen LogP contribution is 2.18. The molecule has 1 fully saturated rings. The van der Waals surface area contributed by atoms with Crippen molar-refractivity contribution in [3.63, 3.8) is 0 Å². The van der Waals surface area contributed by atoms with Crippen molar-refractivity contribution in [3.8, 4) is 0 Å². The van der Waals surface area contributed by atoms with Gasteiger partial charge in [-0.2, -0.15) is 0 Å². The van der Waals surface area contributed by atoms with E-state index < -0.39 is 24.4 Å². The van der Waals surface area contributed by atoms with Crippen LogP contribution in [0.4, 0.5) is 0 Å². The summed E-state index contributed by atoms with van der Waals surface area (Å²) in [6.45, 7) is 2.56. The summed E-state index contributed by atoms with van der Waals surface area (Å²) < 4.78 is 10.8. The van der Waals surface area contributed by atoms with Crippen LogP contribution in [0.15, 0.2) is 12.2 Å². The standard InChI is InChI=1S/C21H40O5/c1-2-3-4-5-6-7-8-9-10-11-12-13-14-15-25-21-18(23)17-26-19(16-22)20(21)24/h11-12,18-24H,2-10,13-17H2,1H3/b12-11+/t18-,19+,20+,21+/m1/s1. The van der Waals surface area contributed by atoms with E-state index >= 15 is 0 Å². The zero-order valence-electron chi connectivity index (χ0n) is 16.5. The van der Waals surface area contributed by atoms with Crippen molar-refractivity contribution in [2.75, 3.05) is 19.8 Å². The lowest BCUT2D eigenvalue weighted by Crippen LogP contribution is -2.55. The largest absolute Gasteiger partial charge is 0.394 e. The van der Waals surface area contributed by atoms with Gasteiger partial charge in [-0.3, -0.25) is 0 Å². The van der Waals surface area contributed by atoms with Gasteiger partial charge in [0.05, 0.1) is 13.2 Å². The molecule has 1 rings (SSSR count). The Morgan fingerprint density at radius 3 is 2.19 bits per heavy atom. The lowest BCUT2D eigenvalue weighted by molar-refractivity contribution is -0.210. The van der Waals surface area contributed by atoms with Crippen molar-refractivity contribution < 1.29 is 24.8 Å². The maximum Gasteiger partial charge on any atom is 0.114 e. The molecule has 0 unspecified atom stereocenters. The summed E-state index contributed by atoms with van der Waals surface area (Å²) in [7, 11) is 0. The molecule has 5 heteroatoms. The van der Waals surface area contributed by atoms with Crippen LogP contribution >= 0.6 is 0 Å². The number of allylic oxidation sites excluding steroid dienone is 2. The Morgan fingerprint density at radius 1 is 0.923 bits per heavy atom. The zero-order valence-corrected chi connectivity index (χ0v) is 16.5. The van der Waals surface area contributed by atoms with E-state index in [4.69, 9.17) is 14.6 Å². The predicted octanol–water partition coefficient (Wildman–Crippen LogP) is 3.35. The lowest BCUT2D eigenvalue weighted by atomic mass is 10.0. The minimum atomic E-state index is -0.985. The van der Waals surface area contributed by atoms with Crippen molar-refractivity contribution in [1.82, 2.24) is 0 Å². The molecule has 0 aromatic rings. The molecule has 0 saturated carbocycles. The molecule has 154 valence electrons. The third-order valence-corrected chi connectivity index (χ3v) is 4.97. The Kier molecular flexibility index (Phi) is 14.1. The van der Waals surface area contributed by atoms with Crippen LogP contribution in [0, 0.1) is 0 Å². The number of aliphatic hydroxyl groups excluding tert-OH is 3. The molecule has 5 nitrogen and oxygen atoms in total. The first-order valence-corrected chi connectivity index (χ1v) is 10.6. The second-order valence-electron chi connectivity index (χ2n) is 7.32. The van der Waals surface area contributed by atoms with E-state index in [9.17, 15) is 10.2 Å². The van der Waals surface area contributed by atoms with E-state index in [2.05, 4.69) is 19.1 Å². The highest BCUT2D eigenvalue weighted by Gasteiger charge is 2.38. The van der Waals surface area contributed by atoms with Gasteiger partial charge in [0.1, 0.15) is 24.4 Å². The topological polar surface area (TPSA) is 79.2 Å². The molecule has 0 aromatic heterocycles. The van der Waals surface area contributed by atoms with Crippen LogP contribution in [0.25, 0.3) is 0 Å². The van der Waals surface area contributed by atoms with Gasteiger partial charge in [-0.25, -0.2) is 0 Å². The van der Waals surface area contributed by atoms with Crippen LogP contribution in [0.5, 0.6) is 0 Å². The Bertz CT molecular complexity index is 347. The summed E-state index contributed by atoms with van der Waals surface area (Å²) in [5, 5.41) is 29.0. The summed E-state index contributed by atoms with van der Waals surface area (Å²) in [5.74, 6) is 0. The van der Waals surface area contributed by atoms with E-state index in [1.54, 1.807) is 0 Å². The predicted molar refractivity (Wildman–Crippen MR) is 104 cm³/mol. The molecule has 1 saturated heterocycles. The average Bonchev–Trinajstić information content (AvgIpc) is 2.64. The molecule has 1 aliphatic rings. The third-order valence-electron chi connectivity index (χ3n) is 4.97. The number of unbranched alkanes of at least 4 members (excludes halogenated alkanes) is 9. The van der Waals surface area contributed by atoms with Gasteiger partial charge in [-0.15, -0.1) is 0 Å². The Hall–Kier alpha value is -0.460. The maximum absolute atomic E-state index is 10.0. The van der Waals surface area contributed by atoms with Crippen molar-refractivity contribution in [2.24, 2.45) is 0 Å². The zero-order chi connectivity index (χ0) is 19.0. The van der Waals surface area contributed by atoms with Gasteiger partial charge < -0.3 is 24.8 Å². The summed E-state index contributed by atoms with van der Waals surface area (Å²) in [4.78, 5) is 0. The van der Waals surface area contributed by atoms with Gasteiger partial charge in [0, 0.05) is 6.61 Å². The molecule has 26 heavy (non-hydrogen) atoms. The third kappa shape index (κ3) is 10.0. The van der Waals surface area contributed by atoms with E-state index in [1.165, 1.54) is 51.4 Å². The minimum absolute atomic E-state index is 0.0887. The molecule has 0 amide bonds. The van der Waals surface area contributed by atoms with Crippen LogP contribution in [0.3, 0.4) is 0 Å². The minimum Gasteiger partial charge on any atom is -0.394 e. The SMILES string of the molecule is CCCCCCCCCC/C=C/CCCO[C@@H]1[C@@H](O)[C@H](CO)OC[C@H]1O. The van der Waals surface area contributed by atoms with E-state index in [0.717, 1.165) is 19.3 Å². The first-order chi connectivity index (χ1) is 12.7. The smallest absolute Gasteiger partial charge is 0.114 e. The van der Waals surface area contributed by atoms with E-state index in [0.29, 0.717) is 6.61 Å². The number of aliphatic hydroxyl groups is 3. The molecule has 0 aromatic carbocycles. The molecular weight excluding hydrogens is 332 g/mol. The fourth-order valence-electron chi connectivity index (χ4n) is 3.28. The molecule has 4 atom stereocenters. The van der Waals surface area contributed by atoms with Crippen LogP contribution in [-0.2, 0) is 9.47 Å². The first-order valence-electron chi connectivity index (χ1n) is 10.6. The van der Waals surface area contributed by atoms with Gasteiger partial charge in [-0.1, -0.05) is 64.0 Å². The van der Waals surface area contributed by atoms with Crippen molar-refractivity contribution >= 4 is 0 Å².